The fourth-order valence-corrected chi connectivity index (χ4v) is 4.41. The molecule has 0 fully saturated rings. The standard InChI is InChI=1S/C15H13Cl2NO4S/c16-11-2-1-3-12(17)15(11)23(19,20)18-7-6-10-4-5-13-14(8-10)22-9-21-13/h1-5,8,18H,6-7,9H2. The molecule has 1 aliphatic heterocycles. The molecular formula is C15H13Cl2NO4S. The normalized spacial score (nSPS) is 13.3. The molecule has 122 valence electrons. The first-order valence-corrected chi connectivity index (χ1v) is 9.03. The summed E-state index contributed by atoms with van der Waals surface area (Å²) in [5.74, 6) is 1.36. The molecule has 23 heavy (non-hydrogen) atoms. The van der Waals surface area contributed by atoms with Crippen LogP contribution in [0.25, 0.3) is 0 Å². The molecule has 0 unspecified atom stereocenters. The van der Waals surface area contributed by atoms with Crippen LogP contribution in [0.2, 0.25) is 10.0 Å². The summed E-state index contributed by atoms with van der Waals surface area (Å²) in [7, 11) is -3.77. The maximum atomic E-state index is 12.3. The van der Waals surface area contributed by atoms with Gasteiger partial charge < -0.3 is 9.47 Å². The van der Waals surface area contributed by atoms with Crippen LogP contribution in [0.4, 0.5) is 0 Å². The Morgan fingerprint density at radius 1 is 1.04 bits per heavy atom. The lowest BCUT2D eigenvalue weighted by Crippen LogP contribution is -2.26. The molecular weight excluding hydrogens is 361 g/mol. The second-order valence-electron chi connectivity index (χ2n) is 4.89. The van der Waals surface area contributed by atoms with Crippen molar-refractivity contribution in [3.05, 3.63) is 52.0 Å². The molecule has 8 heteroatoms. The van der Waals surface area contributed by atoms with Crippen molar-refractivity contribution in [2.24, 2.45) is 0 Å². The Morgan fingerprint density at radius 2 is 1.74 bits per heavy atom. The molecule has 0 atom stereocenters. The van der Waals surface area contributed by atoms with E-state index in [0.717, 1.165) is 5.56 Å². The summed E-state index contributed by atoms with van der Waals surface area (Å²) in [5, 5.41) is 0.182. The van der Waals surface area contributed by atoms with Crippen LogP contribution in [0.3, 0.4) is 0 Å². The minimum atomic E-state index is -3.77. The van der Waals surface area contributed by atoms with Crippen LogP contribution in [0.5, 0.6) is 11.5 Å². The molecule has 0 amide bonds. The molecule has 1 heterocycles. The molecule has 1 aliphatic rings. The first-order valence-electron chi connectivity index (χ1n) is 6.79. The van der Waals surface area contributed by atoms with Crippen LogP contribution in [0.1, 0.15) is 5.56 Å². The van der Waals surface area contributed by atoms with Crippen LogP contribution in [0.15, 0.2) is 41.3 Å². The van der Waals surface area contributed by atoms with Gasteiger partial charge in [0.15, 0.2) is 11.5 Å². The third kappa shape index (κ3) is 3.55. The Hall–Kier alpha value is -1.47. The SMILES string of the molecule is O=S(=O)(NCCc1ccc2c(c1)OCO2)c1c(Cl)cccc1Cl. The van der Waals surface area contributed by atoms with Gasteiger partial charge in [-0.05, 0) is 36.2 Å². The number of halogens is 2. The smallest absolute Gasteiger partial charge is 0.243 e. The highest BCUT2D eigenvalue weighted by Gasteiger charge is 2.21. The molecule has 1 N–H and O–H groups in total. The lowest BCUT2D eigenvalue weighted by atomic mass is 10.1. The quantitative estimate of drug-likeness (QED) is 0.873. The Morgan fingerprint density at radius 3 is 2.48 bits per heavy atom. The molecule has 0 saturated carbocycles. The second kappa shape index (κ2) is 6.57. The van der Waals surface area contributed by atoms with Gasteiger partial charge in [-0.2, -0.15) is 0 Å². The van der Waals surface area contributed by atoms with Crippen molar-refractivity contribution in [2.45, 2.75) is 11.3 Å². The van der Waals surface area contributed by atoms with Gasteiger partial charge in [0.1, 0.15) is 4.90 Å². The highest BCUT2D eigenvalue weighted by atomic mass is 35.5. The van der Waals surface area contributed by atoms with E-state index >= 15 is 0 Å². The van der Waals surface area contributed by atoms with Crippen LogP contribution in [-0.2, 0) is 16.4 Å². The molecule has 2 aromatic rings. The van der Waals surface area contributed by atoms with Crippen molar-refractivity contribution < 1.29 is 17.9 Å². The summed E-state index contributed by atoms with van der Waals surface area (Å²) >= 11 is 11.9. The zero-order valence-corrected chi connectivity index (χ0v) is 14.2. The Bertz CT molecular complexity index is 819. The predicted molar refractivity (Wildman–Crippen MR) is 87.9 cm³/mol. The van der Waals surface area contributed by atoms with Crippen LogP contribution in [-0.4, -0.2) is 21.8 Å². The van der Waals surface area contributed by atoms with Gasteiger partial charge in [-0.15, -0.1) is 0 Å². The molecule has 0 bridgehead atoms. The minimum Gasteiger partial charge on any atom is -0.454 e. The second-order valence-corrected chi connectivity index (χ2v) is 7.40. The van der Waals surface area contributed by atoms with E-state index in [4.69, 9.17) is 32.7 Å². The molecule has 0 radical (unpaired) electrons. The van der Waals surface area contributed by atoms with E-state index in [1.807, 2.05) is 12.1 Å². The first-order chi connectivity index (χ1) is 11.0. The molecule has 0 aromatic heterocycles. The van der Waals surface area contributed by atoms with E-state index in [2.05, 4.69) is 4.72 Å². The van der Waals surface area contributed by atoms with Crippen molar-refractivity contribution in [3.63, 3.8) is 0 Å². The summed E-state index contributed by atoms with van der Waals surface area (Å²) in [5.41, 5.74) is 0.933. The van der Waals surface area contributed by atoms with Gasteiger partial charge in [0.05, 0.1) is 10.0 Å². The number of sulfonamides is 1. The Balaban J connectivity index is 1.68. The first kappa shape index (κ1) is 16.4. The molecule has 0 aliphatic carbocycles. The topological polar surface area (TPSA) is 64.6 Å². The largest absolute Gasteiger partial charge is 0.454 e. The van der Waals surface area contributed by atoms with E-state index in [1.54, 1.807) is 12.1 Å². The highest BCUT2D eigenvalue weighted by molar-refractivity contribution is 7.89. The maximum absolute atomic E-state index is 12.3. The van der Waals surface area contributed by atoms with Gasteiger partial charge in [-0.3, -0.25) is 0 Å². The summed E-state index contributed by atoms with van der Waals surface area (Å²) in [6.07, 6.45) is 0.498. The van der Waals surface area contributed by atoms with Crippen LogP contribution in [0, 0.1) is 0 Å². The number of ether oxygens (including phenoxy) is 2. The summed E-state index contributed by atoms with van der Waals surface area (Å²) in [4.78, 5) is -0.103. The number of hydrogen-bond donors (Lipinski definition) is 1. The van der Waals surface area contributed by atoms with Gasteiger partial charge in [-0.1, -0.05) is 35.3 Å². The van der Waals surface area contributed by atoms with Crippen molar-refractivity contribution in [2.75, 3.05) is 13.3 Å². The third-order valence-corrected chi connectivity index (χ3v) is 5.75. The van der Waals surface area contributed by atoms with Crippen molar-refractivity contribution in [1.29, 1.82) is 0 Å². The van der Waals surface area contributed by atoms with Gasteiger partial charge >= 0.3 is 0 Å². The van der Waals surface area contributed by atoms with Crippen molar-refractivity contribution in [3.8, 4) is 11.5 Å². The van der Waals surface area contributed by atoms with Gasteiger partial charge in [-0.25, -0.2) is 13.1 Å². The van der Waals surface area contributed by atoms with E-state index in [9.17, 15) is 8.42 Å². The van der Waals surface area contributed by atoms with Crippen LogP contribution >= 0.6 is 23.2 Å². The molecule has 2 aromatic carbocycles. The number of benzene rings is 2. The average Bonchev–Trinajstić information content (AvgIpc) is 2.94. The summed E-state index contributed by atoms with van der Waals surface area (Å²) < 4.78 is 37.7. The van der Waals surface area contributed by atoms with E-state index in [1.165, 1.54) is 12.1 Å². The fourth-order valence-electron chi connectivity index (χ4n) is 2.24. The number of rotatable bonds is 5. The Labute approximate surface area is 144 Å². The third-order valence-electron chi connectivity index (χ3n) is 3.33. The molecule has 3 rings (SSSR count). The number of hydrogen-bond acceptors (Lipinski definition) is 4. The molecule has 0 saturated heterocycles. The van der Waals surface area contributed by atoms with Crippen molar-refractivity contribution >= 4 is 33.2 Å². The van der Waals surface area contributed by atoms with E-state index < -0.39 is 10.0 Å². The van der Waals surface area contributed by atoms with E-state index in [-0.39, 0.29) is 28.3 Å². The van der Waals surface area contributed by atoms with Crippen LogP contribution < -0.4 is 14.2 Å². The predicted octanol–water partition coefficient (Wildman–Crippen LogP) is 3.24. The van der Waals surface area contributed by atoms with Gasteiger partial charge in [0.25, 0.3) is 0 Å². The summed E-state index contributed by atoms with van der Waals surface area (Å²) in [6.45, 7) is 0.417. The molecule has 0 spiro atoms. The lowest BCUT2D eigenvalue weighted by Gasteiger charge is -2.10. The minimum absolute atomic E-state index is 0.0908. The number of fused-ring (bicyclic) bond motifs is 1. The maximum Gasteiger partial charge on any atom is 0.243 e. The monoisotopic (exact) mass is 373 g/mol. The number of nitrogens with one attached hydrogen (secondary N) is 1. The Kier molecular flexibility index (Phi) is 4.68. The summed E-state index contributed by atoms with van der Waals surface area (Å²) in [6, 6.07) is 10.1. The average molecular weight is 374 g/mol. The van der Waals surface area contributed by atoms with Gasteiger partial charge in [0.2, 0.25) is 16.8 Å². The van der Waals surface area contributed by atoms with Gasteiger partial charge in [0, 0.05) is 6.54 Å². The fraction of sp³-hybridized carbons (Fsp3) is 0.200. The lowest BCUT2D eigenvalue weighted by molar-refractivity contribution is 0.174. The highest BCUT2D eigenvalue weighted by Crippen LogP contribution is 2.32. The van der Waals surface area contributed by atoms with Crippen molar-refractivity contribution in [1.82, 2.24) is 4.72 Å². The zero-order chi connectivity index (χ0) is 16.4. The van der Waals surface area contributed by atoms with E-state index in [0.29, 0.717) is 17.9 Å². The molecule has 5 nitrogen and oxygen atoms in total. The zero-order valence-electron chi connectivity index (χ0n) is 11.9.